The maximum absolute atomic E-state index is 12.4. The van der Waals surface area contributed by atoms with E-state index in [0.717, 1.165) is 29.4 Å². The number of hydrogen-bond donors (Lipinski definition) is 1. The Morgan fingerprint density at radius 3 is 2.31 bits per heavy atom. The van der Waals surface area contributed by atoms with Crippen LogP contribution in [-0.2, 0) is 14.9 Å². The molecule has 2 saturated carbocycles. The Bertz CT molecular complexity index is 774. The zero-order valence-corrected chi connectivity index (χ0v) is 18.9. The normalized spacial score (nSPS) is 28.9. The average Bonchev–Trinajstić information content (AvgIpc) is 3.16. The van der Waals surface area contributed by atoms with Gasteiger partial charge in [0, 0.05) is 0 Å². The van der Waals surface area contributed by atoms with Crippen LogP contribution in [0.25, 0.3) is 0 Å². The summed E-state index contributed by atoms with van der Waals surface area (Å²) in [5.41, 5.74) is 4.49. The highest BCUT2D eigenvalue weighted by Gasteiger charge is 2.53. The molecule has 4 rings (SSSR count). The van der Waals surface area contributed by atoms with Gasteiger partial charge in [-0.1, -0.05) is 44.7 Å². The Kier molecular flexibility index (Phi) is 5.34. The second kappa shape index (κ2) is 7.41. The Morgan fingerprint density at radius 1 is 1.17 bits per heavy atom. The molecule has 0 aromatic heterocycles. The Labute approximate surface area is 176 Å². The summed E-state index contributed by atoms with van der Waals surface area (Å²) in [6.07, 6.45) is 9.40. The van der Waals surface area contributed by atoms with E-state index in [1.807, 2.05) is 20.8 Å². The predicted molar refractivity (Wildman–Crippen MR) is 116 cm³/mol. The van der Waals surface area contributed by atoms with Gasteiger partial charge in [-0.25, -0.2) is 4.79 Å². The lowest BCUT2D eigenvalue weighted by Gasteiger charge is -2.33. The van der Waals surface area contributed by atoms with Crippen molar-refractivity contribution in [3.05, 3.63) is 34.4 Å². The van der Waals surface area contributed by atoms with Crippen molar-refractivity contribution in [3.8, 4) is 0 Å². The van der Waals surface area contributed by atoms with Gasteiger partial charge in [0.05, 0.1) is 5.60 Å². The third kappa shape index (κ3) is 3.65. The van der Waals surface area contributed by atoms with Crippen molar-refractivity contribution in [2.24, 2.45) is 11.8 Å². The van der Waals surface area contributed by atoms with Crippen LogP contribution in [0.15, 0.2) is 12.1 Å². The molecule has 3 heteroatoms. The second-order valence-corrected chi connectivity index (χ2v) is 11.0. The van der Waals surface area contributed by atoms with E-state index in [2.05, 4.69) is 26.0 Å². The minimum absolute atomic E-state index is 0.159. The average molecular weight is 399 g/mol. The highest BCUT2D eigenvalue weighted by atomic mass is 16.5. The molecule has 1 spiro atoms. The van der Waals surface area contributed by atoms with Crippen LogP contribution in [0, 0.1) is 18.8 Å². The van der Waals surface area contributed by atoms with Crippen molar-refractivity contribution in [1.82, 2.24) is 0 Å². The van der Waals surface area contributed by atoms with Crippen molar-refractivity contribution in [2.75, 3.05) is 0 Å². The van der Waals surface area contributed by atoms with Crippen molar-refractivity contribution in [1.29, 1.82) is 0 Å². The number of aryl methyl sites for hydroxylation is 1. The minimum atomic E-state index is -0.889. The fraction of sp³-hybridized carbons (Fsp3) is 0.731. The molecule has 1 aromatic carbocycles. The van der Waals surface area contributed by atoms with E-state index in [4.69, 9.17) is 4.74 Å². The van der Waals surface area contributed by atoms with Gasteiger partial charge in [0.1, 0.15) is 0 Å². The van der Waals surface area contributed by atoms with Crippen LogP contribution < -0.4 is 0 Å². The van der Waals surface area contributed by atoms with Gasteiger partial charge in [0.25, 0.3) is 0 Å². The topological polar surface area (TPSA) is 46.5 Å². The van der Waals surface area contributed by atoms with Crippen LogP contribution in [0.3, 0.4) is 0 Å². The zero-order valence-electron chi connectivity index (χ0n) is 18.9. The van der Waals surface area contributed by atoms with E-state index in [-0.39, 0.29) is 5.41 Å². The molecule has 0 radical (unpaired) electrons. The fourth-order valence-electron chi connectivity index (χ4n) is 6.92. The summed E-state index contributed by atoms with van der Waals surface area (Å²) in [6.45, 7) is 10.2. The number of benzene rings is 1. The molecule has 1 unspecified atom stereocenters. The number of carboxylic acids is 1. The van der Waals surface area contributed by atoms with Crippen LogP contribution in [-0.4, -0.2) is 16.7 Å². The molecule has 1 N–H and O–H groups in total. The van der Waals surface area contributed by atoms with Crippen molar-refractivity contribution >= 4 is 5.97 Å². The number of carbonyl (C=O) groups is 1. The van der Waals surface area contributed by atoms with Crippen molar-refractivity contribution in [2.45, 2.75) is 109 Å². The first-order valence-electron chi connectivity index (χ1n) is 11.7. The van der Waals surface area contributed by atoms with E-state index < -0.39 is 17.7 Å². The van der Waals surface area contributed by atoms with E-state index in [1.54, 1.807) is 0 Å². The maximum atomic E-state index is 12.4. The number of carboxylic acid groups (broad SMARTS) is 1. The first-order chi connectivity index (χ1) is 13.6. The predicted octanol–water partition coefficient (Wildman–Crippen LogP) is 6.67. The Morgan fingerprint density at radius 2 is 1.79 bits per heavy atom. The lowest BCUT2D eigenvalue weighted by Crippen LogP contribution is -2.31. The Balaban J connectivity index is 1.87. The lowest BCUT2D eigenvalue weighted by atomic mass is 9.75. The smallest absolute Gasteiger partial charge is 0.337 e. The molecular weight excluding hydrogens is 360 g/mol. The number of ether oxygens (including phenoxy) is 1. The summed E-state index contributed by atoms with van der Waals surface area (Å²) in [6, 6.07) is 4.44. The third-order valence-corrected chi connectivity index (χ3v) is 7.93. The number of fused-ring (bicyclic) bond motifs is 3. The van der Waals surface area contributed by atoms with E-state index in [9.17, 15) is 9.90 Å². The molecule has 0 amide bonds. The van der Waals surface area contributed by atoms with Gasteiger partial charge >= 0.3 is 5.97 Å². The number of rotatable bonds is 4. The van der Waals surface area contributed by atoms with E-state index >= 15 is 0 Å². The SMILES string of the molecule is CCC1CC2(C[C@H]3CCCC[C@@H]3C2)c2c1ccc(C)c2[C@H](OC(C)(C)C)C(=O)O. The standard InChI is InChI=1S/C26H38O3/c1-6-17-13-26(14-18-9-7-8-10-19(18)15-26)22-20(17)12-11-16(2)21(22)23(24(27)28)29-25(3,4)5/h11-12,17-19,23H,6-10,13-15H2,1-5H3,(H,27,28)/t17?,18-,19-,23+/m1/s1. The minimum Gasteiger partial charge on any atom is -0.479 e. The molecule has 160 valence electrons. The highest BCUT2D eigenvalue weighted by Crippen LogP contribution is 2.62. The molecule has 2 fully saturated rings. The molecule has 0 saturated heterocycles. The van der Waals surface area contributed by atoms with Crippen LogP contribution in [0.4, 0.5) is 0 Å². The van der Waals surface area contributed by atoms with Crippen LogP contribution >= 0.6 is 0 Å². The largest absolute Gasteiger partial charge is 0.479 e. The van der Waals surface area contributed by atoms with Gasteiger partial charge in [-0.3, -0.25) is 0 Å². The van der Waals surface area contributed by atoms with E-state index in [1.165, 1.54) is 56.1 Å². The molecular formula is C26H38O3. The van der Waals surface area contributed by atoms with Crippen molar-refractivity contribution in [3.63, 3.8) is 0 Å². The fourth-order valence-corrected chi connectivity index (χ4v) is 6.92. The summed E-state index contributed by atoms with van der Waals surface area (Å²) in [7, 11) is 0. The van der Waals surface area contributed by atoms with Crippen LogP contribution in [0.1, 0.15) is 113 Å². The van der Waals surface area contributed by atoms with Crippen LogP contribution in [0.5, 0.6) is 0 Å². The Hall–Kier alpha value is -1.35. The van der Waals surface area contributed by atoms with Crippen molar-refractivity contribution < 1.29 is 14.6 Å². The van der Waals surface area contributed by atoms with Gasteiger partial charge in [0.15, 0.2) is 6.10 Å². The second-order valence-electron chi connectivity index (χ2n) is 11.0. The summed E-state index contributed by atoms with van der Waals surface area (Å²) >= 11 is 0. The summed E-state index contributed by atoms with van der Waals surface area (Å²) in [4.78, 5) is 12.4. The molecule has 1 aromatic rings. The highest BCUT2D eigenvalue weighted by molar-refractivity contribution is 5.77. The summed E-state index contributed by atoms with van der Waals surface area (Å²) in [5.74, 6) is 1.34. The first kappa shape index (κ1) is 20.9. The molecule has 0 heterocycles. The summed E-state index contributed by atoms with van der Waals surface area (Å²) in [5, 5.41) is 10.2. The van der Waals surface area contributed by atoms with Gasteiger partial charge in [-0.2, -0.15) is 0 Å². The first-order valence-corrected chi connectivity index (χ1v) is 11.7. The molecule has 3 aliphatic rings. The molecule has 3 nitrogen and oxygen atoms in total. The molecule has 0 aliphatic heterocycles. The third-order valence-electron chi connectivity index (χ3n) is 7.93. The molecule has 3 aliphatic carbocycles. The molecule has 29 heavy (non-hydrogen) atoms. The quantitative estimate of drug-likeness (QED) is 0.616. The zero-order chi connectivity index (χ0) is 21.0. The molecule has 0 bridgehead atoms. The van der Waals surface area contributed by atoms with Gasteiger partial charge in [-0.15, -0.1) is 0 Å². The maximum Gasteiger partial charge on any atom is 0.337 e. The number of aliphatic carboxylic acids is 1. The number of hydrogen-bond acceptors (Lipinski definition) is 2. The summed E-state index contributed by atoms with van der Waals surface area (Å²) < 4.78 is 6.18. The van der Waals surface area contributed by atoms with Gasteiger partial charge in [0.2, 0.25) is 0 Å². The van der Waals surface area contributed by atoms with Crippen LogP contribution in [0.2, 0.25) is 0 Å². The van der Waals surface area contributed by atoms with E-state index in [0.29, 0.717) is 5.92 Å². The van der Waals surface area contributed by atoms with Gasteiger partial charge < -0.3 is 9.84 Å². The monoisotopic (exact) mass is 398 g/mol. The van der Waals surface area contributed by atoms with Gasteiger partial charge in [-0.05, 0) is 98.8 Å². The molecule has 4 atom stereocenters. The lowest BCUT2D eigenvalue weighted by molar-refractivity contribution is -0.160.